The molecule has 1 saturated heterocycles. The second kappa shape index (κ2) is 7.38. The fourth-order valence-electron chi connectivity index (χ4n) is 2.46. The lowest BCUT2D eigenvalue weighted by Crippen LogP contribution is -2.19. The summed E-state index contributed by atoms with van der Waals surface area (Å²) in [6.07, 6.45) is 3.81. The van der Waals surface area contributed by atoms with Crippen molar-refractivity contribution in [1.82, 2.24) is 4.98 Å². The maximum absolute atomic E-state index is 12.4. The first-order chi connectivity index (χ1) is 11.5. The van der Waals surface area contributed by atoms with E-state index >= 15 is 0 Å². The van der Waals surface area contributed by atoms with Crippen LogP contribution in [0.1, 0.15) is 12.8 Å². The van der Waals surface area contributed by atoms with Crippen LogP contribution in [-0.2, 0) is 14.8 Å². The first-order valence-electron chi connectivity index (χ1n) is 7.63. The van der Waals surface area contributed by atoms with Crippen molar-refractivity contribution in [3.63, 3.8) is 0 Å². The number of hydrogen-bond acceptors (Lipinski definition) is 5. The van der Waals surface area contributed by atoms with Gasteiger partial charge in [0.1, 0.15) is 10.7 Å². The number of hydrogen-bond donors (Lipinski definition) is 2. The minimum Gasteiger partial charge on any atom is -0.376 e. The topological polar surface area (TPSA) is 80.3 Å². The number of nitrogens with zero attached hydrogens (tertiary/aromatic N) is 1. The van der Waals surface area contributed by atoms with Crippen LogP contribution in [0.15, 0.2) is 47.5 Å². The molecule has 1 aliphatic rings. The normalized spacial score (nSPS) is 17.6. The van der Waals surface area contributed by atoms with Gasteiger partial charge in [-0.25, -0.2) is 13.4 Å². The van der Waals surface area contributed by atoms with Crippen molar-refractivity contribution in [3.8, 4) is 0 Å². The van der Waals surface area contributed by atoms with Crippen LogP contribution >= 0.6 is 11.6 Å². The quantitative estimate of drug-likeness (QED) is 0.819. The maximum Gasteiger partial charge on any atom is 0.263 e. The zero-order chi connectivity index (χ0) is 17.0. The Morgan fingerprint density at radius 1 is 1.25 bits per heavy atom. The fraction of sp³-hybridized carbons (Fsp3) is 0.312. The third-order valence-corrected chi connectivity index (χ3v) is 5.56. The predicted molar refractivity (Wildman–Crippen MR) is 94.0 cm³/mol. The summed E-state index contributed by atoms with van der Waals surface area (Å²) in [4.78, 5) is 4.25. The van der Waals surface area contributed by atoms with Crippen LogP contribution in [0, 0.1) is 0 Å². The Bertz CT molecular complexity index is 790. The van der Waals surface area contributed by atoms with E-state index in [1.54, 1.807) is 24.3 Å². The predicted octanol–water partition coefficient (Wildman–Crippen LogP) is 3.13. The molecule has 1 aliphatic heterocycles. The number of benzene rings is 1. The molecule has 1 unspecified atom stereocenters. The lowest BCUT2D eigenvalue weighted by Gasteiger charge is -2.12. The second-order valence-electron chi connectivity index (χ2n) is 5.48. The third-order valence-electron chi connectivity index (χ3n) is 3.68. The summed E-state index contributed by atoms with van der Waals surface area (Å²) in [6.45, 7) is 1.50. The highest BCUT2D eigenvalue weighted by atomic mass is 35.5. The van der Waals surface area contributed by atoms with Crippen LogP contribution in [0.3, 0.4) is 0 Å². The van der Waals surface area contributed by atoms with E-state index in [0.29, 0.717) is 18.1 Å². The zero-order valence-corrected chi connectivity index (χ0v) is 14.5. The van der Waals surface area contributed by atoms with E-state index in [2.05, 4.69) is 15.0 Å². The summed E-state index contributed by atoms with van der Waals surface area (Å²) in [5.41, 5.74) is 0.373. The largest absolute Gasteiger partial charge is 0.376 e. The molecule has 0 radical (unpaired) electrons. The van der Waals surface area contributed by atoms with E-state index in [0.717, 1.165) is 19.4 Å². The van der Waals surface area contributed by atoms with Gasteiger partial charge < -0.3 is 10.1 Å². The van der Waals surface area contributed by atoms with Crippen LogP contribution in [0.2, 0.25) is 5.02 Å². The summed E-state index contributed by atoms with van der Waals surface area (Å²) in [5.74, 6) is 0.672. The van der Waals surface area contributed by atoms with Gasteiger partial charge in [0.05, 0.1) is 23.0 Å². The van der Waals surface area contributed by atoms with Crippen molar-refractivity contribution >= 4 is 33.1 Å². The van der Waals surface area contributed by atoms with Crippen molar-refractivity contribution in [2.45, 2.75) is 23.8 Å². The van der Waals surface area contributed by atoms with Crippen LogP contribution in [0.25, 0.3) is 0 Å². The molecule has 1 aromatic heterocycles. The Kier molecular flexibility index (Phi) is 5.23. The van der Waals surface area contributed by atoms with Crippen LogP contribution < -0.4 is 10.0 Å². The standard InChI is InChI=1S/C16H18ClN3O3S/c17-14-5-1-2-6-15(14)24(21,22)20-12-7-8-16(18-10-12)19-11-13-4-3-9-23-13/h1-2,5-8,10,13,20H,3-4,9,11H2,(H,18,19). The second-order valence-corrected chi connectivity index (χ2v) is 7.54. The molecule has 0 amide bonds. The van der Waals surface area contributed by atoms with Crippen LogP contribution in [0.5, 0.6) is 0 Å². The van der Waals surface area contributed by atoms with Crippen molar-refractivity contribution in [2.24, 2.45) is 0 Å². The van der Waals surface area contributed by atoms with Gasteiger partial charge in [0.15, 0.2) is 0 Å². The molecule has 0 saturated carbocycles. The number of ether oxygens (including phenoxy) is 1. The number of pyridine rings is 1. The molecular formula is C16H18ClN3O3S. The average molecular weight is 368 g/mol. The highest BCUT2D eigenvalue weighted by Gasteiger charge is 2.18. The van der Waals surface area contributed by atoms with Crippen molar-refractivity contribution in [2.75, 3.05) is 23.2 Å². The van der Waals surface area contributed by atoms with Gasteiger partial charge in [-0.2, -0.15) is 0 Å². The van der Waals surface area contributed by atoms with E-state index in [4.69, 9.17) is 16.3 Å². The summed E-state index contributed by atoms with van der Waals surface area (Å²) in [6, 6.07) is 9.66. The number of sulfonamides is 1. The number of anilines is 2. The summed E-state index contributed by atoms with van der Waals surface area (Å²) in [7, 11) is -3.74. The van der Waals surface area contributed by atoms with Crippen LogP contribution in [-0.4, -0.2) is 32.7 Å². The molecule has 0 bridgehead atoms. The molecule has 24 heavy (non-hydrogen) atoms. The first-order valence-corrected chi connectivity index (χ1v) is 9.49. The number of halogens is 1. The van der Waals surface area contributed by atoms with Gasteiger partial charge in [-0.05, 0) is 37.1 Å². The van der Waals surface area contributed by atoms with E-state index < -0.39 is 10.0 Å². The van der Waals surface area contributed by atoms with E-state index in [1.165, 1.54) is 18.3 Å². The van der Waals surface area contributed by atoms with Gasteiger partial charge in [-0.3, -0.25) is 4.72 Å². The van der Waals surface area contributed by atoms with E-state index in [9.17, 15) is 8.42 Å². The number of rotatable bonds is 6. The molecule has 1 atom stereocenters. The number of nitrogens with one attached hydrogen (secondary N) is 2. The molecular weight excluding hydrogens is 350 g/mol. The lowest BCUT2D eigenvalue weighted by molar-refractivity contribution is 0.120. The Balaban J connectivity index is 1.64. The van der Waals surface area contributed by atoms with Crippen molar-refractivity contribution in [3.05, 3.63) is 47.6 Å². The average Bonchev–Trinajstić information content (AvgIpc) is 3.07. The molecule has 3 rings (SSSR count). The summed E-state index contributed by atoms with van der Waals surface area (Å²) >= 11 is 5.95. The molecule has 0 spiro atoms. The molecule has 2 N–H and O–H groups in total. The van der Waals surface area contributed by atoms with Gasteiger partial charge in [0, 0.05) is 13.2 Å². The van der Waals surface area contributed by atoms with Gasteiger partial charge >= 0.3 is 0 Å². The highest BCUT2D eigenvalue weighted by molar-refractivity contribution is 7.92. The molecule has 1 fully saturated rings. The van der Waals surface area contributed by atoms with E-state index in [1.807, 2.05) is 0 Å². The van der Waals surface area contributed by atoms with Crippen LogP contribution in [0.4, 0.5) is 11.5 Å². The zero-order valence-electron chi connectivity index (χ0n) is 12.9. The molecule has 2 heterocycles. The minimum atomic E-state index is -3.74. The van der Waals surface area contributed by atoms with Gasteiger partial charge in [-0.1, -0.05) is 23.7 Å². The van der Waals surface area contributed by atoms with Crippen molar-refractivity contribution < 1.29 is 13.2 Å². The summed E-state index contributed by atoms with van der Waals surface area (Å²) < 4.78 is 32.7. The third kappa shape index (κ3) is 4.17. The summed E-state index contributed by atoms with van der Waals surface area (Å²) in [5, 5.41) is 3.36. The smallest absolute Gasteiger partial charge is 0.263 e. The molecule has 8 heteroatoms. The maximum atomic E-state index is 12.4. The SMILES string of the molecule is O=S(=O)(Nc1ccc(NCC2CCCO2)nc1)c1ccccc1Cl. The highest BCUT2D eigenvalue weighted by Crippen LogP contribution is 2.23. The Labute approximate surface area is 146 Å². The first kappa shape index (κ1) is 17.0. The molecule has 1 aromatic carbocycles. The Morgan fingerprint density at radius 2 is 2.08 bits per heavy atom. The Hall–Kier alpha value is -1.83. The van der Waals surface area contributed by atoms with Gasteiger partial charge in [-0.15, -0.1) is 0 Å². The fourth-order valence-corrected chi connectivity index (χ4v) is 4.02. The monoisotopic (exact) mass is 367 g/mol. The minimum absolute atomic E-state index is 0.0345. The number of aromatic nitrogens is 1. The lowest BCUT2D eigenvalue weighted by atomic mass is 10.2. The van der Waals surface area contributed by atoms with Gasteiger partial charge in [0.2, 0.25) is 0 Å². The van der Waals surface area contributed by atoms with E-state index in [-0.39, 0.29) is 16.0 Å². The van der Waals surface area contributed by atoms with Gasteiger partial charge in [0.25, 0.3) is 10.0 Å². The molecule has 0 aliphatic carbocycles. The molecule has 128 valence electrons. The molecule has 6 nitrogen and oxygen atoms in total. The molecule has 2 aromatic rings. The Morgan fingerprint density at radius 3 is 2.75 bits per heavy atom. The van der Waals surface area contributed by atoms with Crippen molar-refractivity contribution in [1.29, 1.82) is 0 Å².